The van der Waals surface area contributed by atoms with Crippen molar-refractivity contribution in [2.45, 2.75) is 82.7 Å². The highest BCUT2D eigenvalue weighted by Gasteiger charge is 2.28. The van der Waals surface area contributed by atoms with Gasteiger partial charge in [0, 0.05) is 37.3 Å². The highest BCUT2D eigenvalue weighted by molar-refractivity contribution is 7.89. The first-order valence-electron chi connectivity index (χ1n) is 12.3. The second kappa shape index (κ2) is 9.97. The van der Waals surface area contributed by atoms with Crippen LogP contribution in [0.4, 0.5) is 0 Å². The van der Waals surface area contributed by atoms with Crippen LogP contribution in [0.1, 0.15) is 75.6 Å². The molecule has 1 aliphatic carbocycles. The molecule has 0 radical (unpaired) electrons. The Kier molecular flexibility index (Phi) is 7.24. The summed E-state index contributed by atoms with van der Waals surface area (Å²) in [6.45, 7) is 5.64. The molecule has 1 saturated carbocycles. The quantitative estimate of drug-likeness (QED) is 0.713. The van der Waals surface area contributed by atoms with Crippen LogP contribution in [0.3, 0.4) is 0 Å². The highest BCUT2D eigenvalue weighted by atomic mass is 32.2. The fourth-order valence-electron chi connectivity index (χ4n) is 5.17. The Morgan fingerprint density at radius 3 is 2.42 bits per heavy atom. The van der Waals surface area contributed by atoms with Gasteiger partial charge in [0.15, 0.2) is 0 Å². The van der Waals surface area contributed by atoms with Gasteiger partial charge in [-0.1, -0.05) is 32.6 Å². The predicted octanol–water partition coefficient (Wildman–Crippen LogP) is 3.89. The fourth-order valence-corrected chi connectivity index (χ4v) is 6.71. The third-order valence-corrected chi connectivity index (χ3v) is 9.16. The average molecular weight is 474 g/mol. The SMILES string of the molecule is CCn1cc(C(=O)N[C@@H]2CCCC[C@@H]2C)c(=O)c2cc(S(=O)(=O)N3CCCCCC3)ccc21. The van der Waals surface area contributed by atoms with Crippen LogP contribution in [0.2, 0.25) is 0 Å². The molecule has 0 spiro atoms. The van der Waals surface area contributed by atoms with Crippen molar-refractivity contribution >= 4 is 26.8 Å². The molecular weight excluding hydrogens is 438 g/mol. The van der Waals surface area contributed by atoms with Gasteiger partial charge >= 0.3 is 0 Å². The molecule has 1 aliphatic heterocycles. The van der Waals surface area contributed by atoms with E-state index in [2.05, 4.69) is 12.2 Å². The molecule has 2 aromatic rings. The maximum atomic E-state index is 13.4. The van der Waals surface area contributed by atoms with E-state index < -0.39 is 15.5 Å². The van der Waals surface area contributed by atoms with Crippen molar-refractivity contribution in [3.05, 3.63) is 40.2 Å². The third kappa shape index (κ3) is 4.87. The van der Waals surface area contributed by atoms with E-state index >= 15 is 0 Å². The molecule has 4 rings (SSSR count). The molecule has 1 saturated heterocycles. The van der Waals surface area contributed by atoms with Gasteiger partial charge in [0.25, 0.3) is 5.91 Å². The minimum absolute atomic E-state index is 0.0613. The second-order valence-electron chi connectivity index (χ2n) is 9.50. The number of hydrogen-bond donors (Lipinski definition) is 1. The van der Waals surface area contributed by atoms with Gasteiger partial charge in [-0.05, 0) is 56.7 Å². The number of benzene rings is 1. The lowest BCUT2D eigenvalue weighted by molar-refractivity contribution is 0.0908. The van der Waals surface area contributed by atoms with Crippen LogP contribution in [0, 0.1) is 5.92 Å². The first-order valence-corrected chi connectivity index (χ1v) is 13.7. The molecule has 2 fully saturated rings. The summed E-state index contributed by atoms with van der Waals surface area (Å²) in [5, 5.41) is 3.34. The lowest BCUT2D eigenvalue weighted by Crippen LogP contribution is -2.42. The molecule has 1 aromatic carbocycles. The smallest absolute Gasteiger partial charge is 0.256 e. The molecule has 1 N–H and O–H groups in total. The molecular formula is C25H35N3O4S. The van der Waals surface area contributed by atoms with Crippen molar-refractivity contribution in [3.8, 4) is 0 Å². The molecule has 2 heterocycles. The number of pyridine rings is 1. The van der Waals surface area contributed by atoms with Crippen molar-refractivity contribution in [2.24, 2.45) is 5.92 Å². The van der Waals surface area contributed by atoms with Crippen LogP contribution in [0.25, 0.3) is 10.9 Å². The second-order valence-corrected chi connectivity index (χ2v) is 11.4. The lowest BCUT2D eigenvalue weighted by atomic mass is 9.86. The number of sulfonamides is 1. The van der Waals surface area contributed by atoms with Gasteiger partial charge in [0.05, 0.1) is 10.4 Å². The minimum Gasteiger partial charge on any atom is -0.349 e. The summed E-state index contributed by atoms with van der Waals surface area (Å²) in [6, 6.07) is 4.79. The Bertz CT molecular complexity index is 1180. The Morgan fingerprint density at radius 1 is 1.06 bits per heavy atom. The Labute approximate surface area is 196 Å². The Hall–Kier alpha value is -2.19. The van der Waals surface area contributed by atoms with E-state index in [9.17, 15) is 18.0 Å². The molecule has 0 unspecified atom stereocenters. The first kappa shape index (κ1) is 24.0. The normalized spacial score (nSPS) is 22.7. The monoisotopic (exact) mass is 473 g/mol. The van der Waals surface area contributed by atoms with E-state index in [1.54, 1.807) is 18.3 Å². The van der Waals surface area contributed by atoms with Crippen molar-refractivity contribution < 1.29 is 13.2 Å². The molecule has 0 bridgehead atoms. The van der Waals surface area contributed by atoms with Crippen LogP contribution in [-0.4, -0.2) is 42.3 Å². The maximum Gasteiger partial charge on any atom is 0.256 e. The van der Waals surface area contributed by atoms with E-state index in [1.807, 2.05) is 11.5 Å². The Balaban J connectivity index is 1.73. The summed E-state index contributed by atoms with van der Waals surface area (Å²) >= 11 is 0. The van der Waals surface area contributed by atoms with Crippen molar-refractivity contribution in [3.63, 3.8) is 0 Å². The molecule has 180 valence electrons. The van der Waals surface area contributed by atoms with Crippen molar-refractivity contribution in [1.82, 2.24) is 14.2 Å². The number of aryl methyl sites for hydroxylation is 1. The van der Waals surface area contributed by atoms with Crippen molar-refractivity contribution in [1.29, 1.82) is 0 Å². The zero-order valence-corrected chi connectivity index (χ0v) is 20.5. The van der Waals surface area contributed by atoms with Crippen LogP contribution in [-0.2, 0) is 16.6 Å². The number of aromatic nitrogens is 1. The molecule has 1 aromatic heterocycles. The number of hydrogen-bond acceptors (Lipinski definition) is 4. The van der Waals surface area contributed by atoms with Gasteiger partial charge in [-0.25, -0.2) is 8.42 Å². The van der Waals surface area contributed by atoms with E-state index in [0.717, 1.165) is 44.9 Å². The van der Waals surface area contributed by atoms with Gasteiger partial charge in [-0.3, -0.25) is 9.59 Å². The standard InChI is InChI=1S/C25H35N3O4S/c1-3-27-17-21(25(30)26-22-11-7-6-10-18(22)2)24(29)20-16-19(12-13-23(20)27)33(31,32)28-14-8-4-5-9-15-28/h12-13,16-18,22H,3-11,14-15H2,1-2H3,(H,26,30)/t18-,22+/m0/s1. The van der Waals surface area contributed by atoms with E-state index in [1.165, 1.54) is 16.8 Å². The number of nitrogens with zero attached hydrogens (tertiary/aromatic N) is 2. The third-order valence-electron chi connectivity index (χ3n) is 7.27. The summed E-state index contributed by atoms with van der Waals surface area (Å²) in [4.78, 5) is 26.6. The van der Waals surface area contributed by atoms with Gasteiger partial charge in [-0.2, -0.15) is 4.31 Å². The van der Waals surface area contributed by atoms with Crippen LogP contribution >= 0.6 is 0 Å². The van der Waals surface area contributed by atoms with Crippen molar-refractivity contribution in [2.75, 3.05) is 13.1 Å². The molecule has 8 heteroatoms. The molecule has 2 aliphatic rings. The highest BCUT2D eigenvalue weighted by Crippen LogP contribution is 2.25. The summed E-state index contributed by atoms with van der Waals surface area (Å²) in [5.41, 5.74) is 0.301. The molecule has 33 heavy (non-hydrogen) atoms. The lowest BCUT2D eigenvalue weighted by Gasteiger charge is -2.29. The molecule has 7 nitrogen and oxygen atoms in total. The fraction of sp³-hybridized carbons (Fsp3) is 0.600. The number of amides is 1. The minimum atomic E-state index is -3.69. The zero-order chi connectivity index (χ0) is 23.6. The van der Waals surface area contributed by atoms with Gasteiger partial charge < -0.3 is 9.88 Å². The number of rotatable bonds is 5. The zero-order valence-electron chi connectivity index (χ0n) is 19.7. The Morgan fingerprint density at radius 2 is 1.76 bits per heavy atom. The van der Waals surface area contributed by atoms with Gasteiger partial charge in [0.1, 0.15) is 5.56 Å². The molecule has 1 amide bonds. The molecule has 2 atom stereocenters. The summed E-state index contributed by atoms with van der Waals surface area (Å²) in [7, 11) is -3.69. The number of carbonyl (C=O) groups is 1. The van der Waals surface area contributed by atoms with E-state index in [4.69, 9.17) is 0 Å². The van der Waals surface area contributed by atoms with E-state index in [-0.39, 0.29) is 27.8 Å². The van der Waals surface area contributed by atoms with Gasteiger partial charge in [0.2, 0.25) is 15.5 Å². The predicted molar refractivity (Wildman–Crippen MR) is 130 cm³/mol. The topological polar surface area (TPSA) is 88.5 Å². The first-order chi connectivity index (χ1) is 15.8. The average Bonchev–Trinajstić information content (AvgIpc) is 3.11. The van der Waals surface area contributed by atoms with Crippen LogP contribution in [0.15, 0.2) is 34.1 Å². The number of nitrogens with one attached hydrogen (secondary N) is 1. The summed E-state index contributed by atoms with van der Waals surface area (Å²) < 4.78 is 30.0. The summed E-state index contributed by atoms with van der Waals surface area (Å²) in [6.07, 6.45) is 9.59. The van der Waals surface area contributed by atoms with Crippen LogP contribution in [0.5, 0.6) is 0 Å². The van der Waals surface area contributed by atoms with Gasteiger partial charge in [-0.15, -0.1) is 0 Å². The number of fused-ring (bicyclic) bond motifs is 1. The largest absolute Gasteiger partial charge is 0.349 e. The van der Waals surface area contributed by atoms with E-state index in [0.29, 0.717) is 31.1 Å². The number of carbonyl (C=O) groups excluding carboxylic acids is 1. The summed E-state index contributed by atoms with van der Waals surface area (Å²) in [5.74, 6) is 0.00514. The van der Waals surface area contributed by atoms with Crippen LogP contribution < -0.4 is 10.7 Å². The maximum absolute atomic E-state index is 13.4.